The summed E-state index contributed by atoms with van der Waals surface area (Å²) < 4.78 is 5.00. The van der Waals surface area contributed by atoms with Gasteiger partial charge in [0.25, 0.3) is 0 Å². The zero-order valence-corrected chi connectivity index (χ0v) is 9.19. The number of methoxy groups -OCH3 is 1. The summed E-state index contributed by atoms with van der Waals surface area (Å²) in [4.78, 5) is 13.3. The highest BCUT2D eigenvalue weighted by atomic mass is 16.5. The Kier molecular flexibility index (Phi) is 3.26. The van der Waals surface area contributed by atoms with E-state index in [9.17, 15) is 4.79 Å². The van der Waals surface area contributed by atoms with Crippen molar-refractivity contribution < 1.29 is 14.6 Å². The molecule has 2 rings (SSSR count). The summed E-state index contributed by atoms with van der Waals surface area (Å²) in [6, 6.07) is 0.0601. The molecule has 0 aromatic heterocycles. The summed E-state index contributed by atoms with van der Waals surface area (Å²) in [5.74, 6) is -0.00583. The molecule has 0 bridgehead atoms. The summed E-state index contributed by atoms with van der Waals surface area (Å²) >= 11 is 0. The largest absolute Gasteiger partial charge is 0.480 e. The van der Waals surface area contributed by atoms with Gasteiger partial charge in [0.05, 0.1) is 6.61 Å². The molecule has 1 N–H and O–H groups in total. The molecule has 2 aliphatic rings. The Labute approximate surface area is 90.2 Å². The Hall–Kier alpha value is -0.610. The maximum atomic E-state index is 11.1. The van der Waals surface area contributed by atoms with Crippen LogP contribution < -0.4 is 0 Å². The smallest absolute Gasteiger partial charge is 0.323 e. The van der Waals surface area contributed by atoms with Gasteiger partial charge < -0.3 is 9.84 Å². The molecular formula is C11H19NO3. The number of hydrogen-bond acceptors (Lipinski definition) is 3. The predicted octanol–water partition coefficient (Wildman–Crippen LogP) is 0.960. The Balaban J connectivity index is 1.94. The number of ether oxygens (including phenoxy) is 1. The van der Waals surface area contributed by atoms with Crippen LogP contribution in [0.5, 0.6) is 0 Å². The molecule has 0 spiro atoms. The predicted molar refractivity (Wildman–Crippen MR) is 55.8 cm³/mol. The Morgan fingerprint density at radius 2 is 2.13 bits per heavy atom. The van der Waals surface area contributed by atoms with Crippen molar-refractivity contribution in [3.8, 4) is 0 Å². The van der Waals surface area contributed by atoms with E-state index in [1.165, 1.54) is 12.8 Å². The van der Waals surface area contributed by atoms with E-state index in [1.54, 1.807) is 7.11 Å². The Bertz CT molecular complexity index is 236. The van der Waals surface area contributed by atoms with Gasteiger partial charge in [-0.3, -0.25) is 9.69 Å². The standard InChI is InChI=1S/C11H19NO3/c1-15-7-10(11(13)14)12(9-4-5-9)6-8-2-3-8/h8-10H,2-7H2,1H3,(H,13,14). The van der Waals surface area contributed by atoms with Crippen LogP contribution in [0.1, 0.15) is 25.7 Å². The van der Waals surface area contributed by atoms with Gasteiger partial charge in [0.1, 0.15) is 6.04 Å². The number of carboxylic acids is 1. The van der Waals surface area contributed by atoms with E-state index in [4.69, 9.17) is 9.84 Å². The van der Waals surface area contributed by atoms with Crippen LogP contribution in [0.4, 0.5) is 0 Å². The van der Waals surface area contributed by atoms with E-state index in [0.717, 1.165) is 25.3 Å². The minimum absolute atomic E-state index is 0.304. The summed E-state index contributed by atoms with van der Waals surface area (Å²) in [6.45, 7) is 1.25. The second-order valence-corrected chi connectivity index (χ2v) is 4.68. The van der Waals surface area contributed by atoms with Crippen LogP contribution in [0.2, 0.25) is 0 Å². The van der Waals surface area contributed by atoms with Gasteiger partial charge in [-0.2, -0.15) is 0 Å². The molecule has 1 atom stereocenters. The summed E-state index contributed by atoms with van der Waals surface area (Å²) in [6.07, 6.45) is 4.84. The quantitative estimate of drug-likeness (QED) is 0.684. The highest BCUT2D eigenvalue weighted by molar-refractivity contribution is 5.73. The first-order chi connectivity index (χ1) is 7.22. The topological polar surface area (TPSA) is 49.8 Å². The molecule has 0 radical (unpaired) electrons. The highest BCUT2D eigenvalue weighted by Crippen LogP contribution is 2.36. The molecular weight excluding hydrogens is 194 g/mol. The molecule has 86 valence electrons. The maximum absolute atomic E-state index is 11.1. The molecule has 0 amide bonds. The van der Waals surface area contributed by atoms with E-state index in [-0.39, 0.29) is 0 Å². The van der Waals surface area contributed by atoms with Gasteiger partial charge in [-0.15, -0.1) is 0 Å². The number of carboxylic acid groups (broad SMARTS) is 1. The van der Waals surface area contributed by atoms with Gasteiger partial charge in [-0.05, 0) is 31.6 Å². The fourth-order valence-corrected chi connectivity index (χ4v) is 2.00. The van der Waals surface area contributed by atoms with Crippen molar-refractivity contribution in [1.82, 2.24) is 4.90 Å². The molecule has 0 aromatic carbocycles. The fourth-order valence-electron chi connectivity index (χ4n) is 2.00. The molecule has 2 saturated carbocycles. The van der Waals surface area contributed by atoms with E-state index in [2.05, 4.69) is 4.90 Å². The van der Waals surface area contributed by atoms with Crippen LogP contribution in [-0.2, 0) is 9.53 Å². The number of nitrogens with zero attached hydrogens (tertiary/aromatic N) is 1. The van der Waals surface area contributed by atoms with E-state index >= 15 is 0 Å². The van der Waals surface area contributed by atoms with Crippen LogP contribution in [0.15, 0.2) is 0 Å². The number of carbonyl (C=O) groups is 1. The summed E-state index contributed by atoms with van der Waals surface area (Å²) in [5.41, 5.74) is 0. The number of aliphatic carboxylic acids is 1. The Morgan fingerprint density at radius 1 is 1.47 bits per heavy atom. The Morgan fingerprint density at radius 3 is 2.53 bits per heavy atom. The first-order valence-electron chi connectivity index (χ1n) is 5.70. The molecule has 0 aliphatic heterocycles. The highest BCUT2D eigenvalue weighted by Gasteiger charge is 2.40. The monoisotopic (exact) mass is 213 g/mol. The molecule has 1 unspecified atom stereocenters. The van der Waals surface area contributed by atoms with Crippen LogP contribution in [0.3, 0.4) is 0 Å². The zero-order chi connectivity index (χ0) is 10.8. The third kappa shape index (κ3) is 2.92. The molecule has 0 heterocycles. The van der Waals surface area contributed by atoms with Crippen LogP contribution >= 0.6 is 0 Å². The van der Waals surface area contributed by atoms with Crippen molar-refractivity contribution in [2.24, 2.45) is 5.92 Å². The molecule has 0 aromatic rings. The van der Waals surface area contributed by atoms with Gasteiger partial charge >= 0.3 is 5.97 Å². The van der Waals surface area contributed by atoms with E-state index < -0.39 is 12.0 Å². The summed E-state index contributed by atoms with van der Waals surface area (Å²) in [5, 5.41) is 9.16. The van der Waals surface area contributed by atoms with Gasteiger partial charge in [0.2, 0.25) is 0 Å². The average molecular weight is 213 g/mol. The minimum Gasteiger partial charge on any atom is -0.480 e. The first kappa shape index (κ1) is 10.9. The SMILES string of the molecule is COCC(C(=O)O)N(CC1CC1)C1CC1. The minimum atomic E-state index is -0.746. The van der Waals surface area contributed by atoms with E-state index in [0.29, 0.717) is 12.6 Å². The second kappa shape index (κ2) is 4.49. The lowest BCUT2D eigenvalue weighted by Crippen LogP contribution is -2.46. The first-order valence-corrected chi connectivity index (χ1v) is 5.70. The van der Waals surface area contributed by atoms with Gasteiger partial charge in [0, 0.05) is 19.7 Å². The third-order valence-electron chi connectivity index (χ3n) is 3.19. The lowest BCUT2D eigenvalue weighted by atomic mass is 10.2. The van der Waals surface area contributed by atoms with Gasteiger partial charge in [-0.1, -0.05) is 0 Å². The third-order valence-corrected chi connectivity index (χ3v) is 3.19. The lowest BCUT2D eigenvalue weighted by Gasteiger charge is -2.28. The van der Waals surface area contributed by atoms with Crippen LogP contribution in [0.25, 0.3) is 0 Å². The molecule has 4 nitrogen and oxygen atoms in total. The molecule has 15 heavy (non-hydrogen) atoms. The average Bonchev–Trinajstić information content (AvgIpc) is 3.00. The van der Waals surface area contributed by atoms with Crippen molar-refractivity contribution in [1.29, 1.82) is 0 Å². The van der Waals surface area contributed by atoms with Gasteiger partial charge in [0.15, 0.2) is 0 Å². The summed E-state index contributed by atoms with van der Waals surface area (Å²) in [7, 11) is 1.57. The van der Waals surface area contributed by atoms with Crippen LogP contribution in [-0.4, -0.2) is 48.3 Å². The molecule has 0 saturated heterocycles. The second-order valence-electron chi connectivity index (χ2n) is 4.68. The van der Waals surface area contributed by atoms with Crippen molar-refractivity contribution >= 4 is 5.97 Å². The fraction of sp³-hybridized carbons (Fsp3) is 0.909. The van der Waals surface area contributed by atoms with Crippen molar-refractivity contribution in [2.45, 2.75) is 37.8 Å². The molecule has 2 aliphatic carbocycles. The normalized spacial score (nSPS) is 23.1. The number of hydrogen-bond donors (Lipinski definition) is 1. The van der Waals surface area contributed by atoms with E-state index in [1.807, 2.05) is 0 Å². The zero-order valence-electron chi connectivity index (χ0n) is 9.19. The van der Waals surface area contributed by atoms with Crippen molar-refractivity contribution in [3.05, 3.63) is 0 Å². The lowest BCUT2D eigenvalue weighted by molar-refractivity contribution is -0.145. The maximum Gasteiger partial charge on any atom is 0.323 e. The molecule has 2 fully saturated rings. The number of rotatable bonds is 7. The molecule has 4 heteroatoms. The van der Waals surface area contributed by atoms with Crippen molar-refractivity contribution in [2.75, 3.05) is 20.3 Å². The van der Waals surface area contributed by atoms with Crippen LogP contribution in [0, 0.1) is 5.92 Å². The van der Waals surface area contributed by atoms with Crippen molar-refractivity contribution in [3.63, 3.8) is 0 Å². The van der Waals surface area contributed by atoms with Gasteiger partial charge in [-0.25, -0.2) is 0 Å².